The molecule has 1 atom stereocenters. The molecule has 0 saturated carbocycles. The molecule has 1 aromatic heterocycles. The van der Waals surface area contributed by atoms with Gasteiger partial charge < -0.3 is 0 Å². The number of pyridine rings is 1. The highest BCUT2D eigenvalue weighted by Crippen LogP contribution is 2.33. The molecule has 1 fully saturated rings. The lowest BCUT2D eigenvalue weighted by Crippen LogP contribution is -2.33. The van der Waals surface area contributed by atoms with Crippen molar-refractivity contribution in [3.63, 3.8) is 0 Å². The van der Waals surface area contributed by atoms with Crippen LogP contribution in [0.5, 0.6) is 0 Å². The molecule has 1 saturated heterocycles. The molecule has 0 radical (unpaired) electrons. The van der Waals surface area contributed by atoms with Crippen molar-refractivity contribution >= 4 is 23.2 Å². The first-order valence-electron chi connectivity index (χ1n) is 7.44. The highest BCUT2D eigenvalue weighted by Gasteiger charge is 2.25. The van der Waals surface area contributed by atoms with Gasteiger partial charge in [0, 0.05) is 12.6 Å². The summed E-state index contributed by atoms with van der Waals surface area (Å²) in [4.78, 5) is 6.73. The Morgan fingerprint density at radius 2 is 2.05 bits per heavy atom. The second kappa shape index (κ2) is 6.95. The van der Waals surface area contributed by atoms with Crippen LogP contribution in [0.1, 0.15) is 36.6 Å². The van der Waals surface area contributed by atoms with Crippen molar-refractivity contribution < 1.29 is 4.39 Å². The van der Waals surface area contributed by atoms with Crippen molar-refractivity contribution in [2.75, 3.05) is 6.54 Å². The van der Waals surface area contributed by atoms with Gasteiger partial charge in [0.05, 0.1) is 10.7 Å². The highest BCUT2D eigenvalue weighted by molar-refractivity contribution is 6.30. The fourth-order valence-corrected chi connectivity index (χ4v) is 3.39. The van der Waals surface area contributed by atoms with Gasteiger partial charge in [0.15, 0.2) is 0 Å². The number of piperidine rings is 1. The molecule has 0 spiro atoms. The number of rotatable bonds is 3. The third-order valence-electron chi connectivity index (χ3n) is 4.08. The lowest BCUT2D eigenvalue weighted by Gasteiger charge is -2.36. The number of hydrogen-bond acceptors (Lipinski definition) is 2. The maximum absolute atomic E-state index is 13.4. The minimum Gasteiger partial charge on any atom is -0.291 e. The van der Waals surface area contributed by atoms with E-state index in [1.54, 1.807) is 12.1 Å². The van der Waals surface area contributed by atoms with Gasteiger partial charge in [-0.3, -0.25) is 4.90 Å². The van der Waals surface area contributed by atoms with Gasteiger partial charge in [0.25, 0.3) is 0 Å². The first-order chi connectivity index (χ1) is 10.6. The predicted molar refractivity (Wildman–Crippen MR) is 87.7 cm³/mol. The van der Waals surface area contributed by atoms with Crippen LogP contribution in [0.15, 0.2) is 36.4 Å². The molecule has 1 aliphatic rings. The SMILES string of the molecule is Fc1ccc(C2CCCCN2Cc2cccc(Cl)n2)cc1Cl. The van der Waals surface area contributed by atoms with E-state index in [2.05, 4.69) is 9.88 Å². The first kappa shape index (κ1) is 15.7. The normalized spacial score (nSPS) is 19.3. The Labute approximate surface area is 139 Å². The van der Waals surface area contributed by atoms with Crippen molar-refractivity contribution in [1.29, 1.82) is 0 Å². The van der Waals surface area contributed by atoms with E-state index in [-0.39, 0.29) is 16.9 Å². The standard InChI is InChI=1S/C17H17Cl2FN2/c18-14-10-12(7-8-15(14)20)16-5-1-2-9-22(16)11-13-4-3-6-17(19)21-13/h3-4,6-8,10,16H,1-2,5,9,11H2. The van der Waals surface area contributed by atoms with Crippen LogP contribution in [-0.4, -0.2) is 16.4 Å². The molecule has 2 aromatic rings. The van der Waals surface area contributed by atoms with Gasteiger partial charge in [-0.1, -0.05) is 41.8 Å². The molecular weight excluding hydrogens is 322 g/mol. The summed E-state index contributed by atoms with van der Waals surface area (Å²) in [6.07, 6.45) is 3.37. The van der Waals surface area contributed by atoms with Gasteiger partial charge in [-0.15, -0.1) is 0 Å². The molecular formula is C17H17Cl2FN2. The molecule has 0 N–H and O–H groups in total. The van der Waals surface area contributed by atoms with Crippen LogP contribution in [0.4, 0.5) is 4.39 Å². The Kier molecular flexibility index (Phi) is 4.97. The quantitative estimate of drug-likeness (QED) is 0.710. The summed E-state index contributed by atoms with van der Waals surface area (Å²) in [5, 5.41) is 0.694. The van der Waals surface area contributed by atoms with E-state index < -0.39 is 0 Å². The average Bonchev–Trinajstić information content (AvgIpc) is 2.51. The third-order valence-corrected chi connectivity index (χ3v) is 4.58. The van der Waals surface area contributed by atoms with Gasteiger partial charge in [-0.2, -0.15) is 0 Å². The van der Waals surface area contributed by atoms with Gasteiger partial charge in [-0.05, 0) is 49.2 Å². The average molecular weight is 339 g/mol. The summed E-state index contributed by atoms with van der Waals surface area (Å²) in [7, 11) is 0. The van der Waals surface area contributed by atoms with E-state index in [9.17, 15) is 4.39 Å². The van der Waals surface area contributed by atoms with E-state index in [0.717, 1.165) is 37.2 Å². The topological polar surface area (TPSA) is 16.1 Å². The van der Waals surface area contributed by atoms with E-state index in [0.29, 0.717) is 5.15 Å². The molecule has 1 aliphatic heterocycles. The molecule has 2 nitrogen and oxygen atoms in total. The van der Waals surface area contributed by atoms with Crippen LogP contribution >= 0.6 is 23.2 Å². The Bertz CT molecular complexity index is 663. The van der Waals surface area contributed by atoms with E-state index in [1.165, 1.54) is 12.5 Å². The second-order valence-electron chi connectivity index (χ2n) is 5.61. The molecule has 0 amide bonds. The second-order valence-corrected chi connectivity index (χ2v) is 6.40. The Balaban J connectivity index is 1.83. The largest absolute Gasteiger partial charge is 0.291 e. The minimum atomic E-state index is -0.371. The van der Waals surface area contributed by atoms with Crippen LogP contribution < -0.4 is 0 Å². The van der Waals surface area contributed by atoms with Crippen molar-refractivity contribution in [3.8, 4) is 0 Å². The number of likely N-dealkylation sites (tertiary alicyclic amines) is 1. The summed E-state index contributed by atoms with van der Waals surface area (Å²) in [5.41, 5.74) is 2.01. The zero-order chi connectivity index (χ0) is 15.5. The molecule has 0 bridgehead atoms. The van der Waals surface area contributed by atoms with Crippen LogP contribution in [0.3, 0.4) is 0 Å². The molecule has 1 aromatic carbocycles. The Hall–Kier alpha value is -1.16. The van der Waals surface area contributed by atoms with Crippen molar-refractivity contribution in [2.45, 2.75) is 31.8 Å². The van der Waals surface area contributed by atoms with E-state index in [1.807, 2.05) is 18.2 Å². The van der Waals surface area contributed by atoms with Crippen molar-refractivity contribution in [1.82, 2.24) is 9.88 Å². The fourth-order valence-electron chi connectivity index (χ4n) is 3.02. The van der Waals surface area contributed by atoms with Gasteiger partial charge >= 0.3 is 0 Å². The summed E-state index contributed by atoms with van der Waals surface area (Å²) in [6, 6.07) is 10.9. The number of hydrogen-bond donors (Lipinski definition) is 0. The lowest BCUT2D eigenvalue weighted by atomic mass is 9.95. The summed E-state index contributed by atoms with van der Waals surface area (Å²) < 4.78 is 13.4. The zero-order valence-corrected chi connectivity index (χ0v) is 13.6. The van der Waals surface area contributed by atoms with E-state index >= 15 is 0 Å². The number of halogens is 3. The van der Waals surface area contributed by atoms with Crippen molar-refractivity contribution in [3.05, 3.63) is 63.6 Å². The lowest BCUT2D eigenvalue weighted by molar-refractivity contribution is 0.138. The monoisotopic (exact) mass is 338 g/mol. The number of nitrogens with zero attached hydrogens (tertiary/aromatic N) is 2. The molecule has 5 heteroatoms. The molecule has 3 rings (SSSR count). The predicted octanol–water partition coefficient (Wildman–Crippen LogP) is 5.25. The Morgan fingerprint density at radius 3 is 2.82 bits per heavy atom. The maximum Gasteiger partial charge on any atom is 0.141 e. The maximum atomic E-state index is 13.4. The van der Waals surface area contributed by atoms with E-state index in [4.69, 9.17) is 23.2 Å². The molecule has 116 valence electrons. The fraction of sp³-hybridized carbons (Fsp3) is 0.353. The molecule has 1 unspecified atom stereocenters. The third kappa shape index (κ3) is 3.60. The molecule has 2 heterocycles. The summed E-state index contributed by atoms with van der Waals surface area (Å²) in [6.45, 7) is 1.73. The van der Waals surface area contributed by atoms with Gasteiger partial charge in [0.2, 0.25) is 0 Å². The molecule has 0 aliphatic carbocycles. The number of benzene rings is 1. The smallest absolute Gasteiger partial charge is 0.141 e. The number of aromatic nitrogens is 1. The van der Waals surface area contributed by atoms with Crippen LogP contribution in [0, 0.1) is 5.82 Å². The van der Waals surface area contributed by atoms with Gasteiger partial charge in [-0.25, -0.2) is 9.37 Å². The highest BCUT2D eigenvalue weighted by atomic mass is 35.5. The van der Waals surface area contributed by atoms with Gasteiger partial charge in [0.1, 0.15) is 11.0 Å². The minimum absolute atomic E-state index is 0.184. The first-order valence-corrected chi connectivity index (χ1v) is 8.19. The van der Waals surface area contributed by atoms with Crippen LogP contribution in [-0.2, 0) is 6.54 Å². The summed E-state index contributed by atoms with van der Waals surface area (Å²) >= 11 is 11.9. The summed E-state index contributed by atoms with van der Waals surface area (Å²) in [5.74, 6) is -0.371. The van der Waals surface area contributed by atoms with Crippen molar-refractivity contribution in [2.24, 2.45) is 0 Å². The Morgan fingerprint density at radius 1 is 1.18 bits per heavy atom. The van der Waals surface area contributed by atoms with Crippen LogP contribution in [0.2, 0.25) is 10.2 Å². The van der Waals surface area contributed by atoms with Crippen LogP contribution in [0.25, 0.3) is 0 Å². The molecule has 22 heavy (non-hydrogen) atoms. The zero-order valence-electron chi connectivity index (χ0n) is 12.1.